The summed E-state index contributed by atoms with van der Waals surface area (Å²) in [6, 6.07) is 11.4. The maximum absolute atomic E-state index is 11.8. The number of likely N-dealkylation sites (N-methyl/N-ethyl adjacent to an activating group) is 1. The lowest BCUT2D eigenvalue weighted by atomic mass is 9.76. The van der Waals surface area contributed by atoms with Crippen LogP contribution >= 0.6 is 0 Å². The lowest BCUT2D eigenvalue weighted by Crippen LogP contribution is -2.58. The first kappa shape index (κ1) is 31.9. The van der Waals surface area contributed by atoms with Crippen molar-refractivity contribution in [2.45, 2.75) is 45.4 Å². The SMILES string of the molecule is CCOCCOCC(COCCOCC)COCc1cc([N+](=O)[O-])cc2c1OC1(C=C2)N(C)c2ccccc2C1(C)C. The fourth-order valence-electron chi connectivity index (χ4n) is 5.66. The second-order valence-electron chi connectivity index (χ2n) is 11.0. The maximum atomic E-state index is 11.8. The third kappa shape index (κ3) is 6.79. The first-order valence-corrected chi connectivity index (χ1v) is 14.7. The molecule has 0 N–H and O–H groups in total. The van der Waals surface area contributed by atoms with Crippen LogP contribution in [0.5, 0.6) is 5.75 Å². The average Bonchev–Trinajstić information content (AvgIpc) is 3.14. The third-order valence-corrected chi connectivity index (χ3v) is 7.94. The minimum atomic E-state index is -0.806. The second-order valence-corrected chi connectivity index (χ2v) is 11.0. The molecule has 0 radical (unpaired) electrons. The van der Waals surface area contributed by atoms with E-state index < -0.39 is 11.1 Å². The van der Waals surface area contributed by atoms with Crippen LogP contribution in [0.25, 0.3) is 6.08 Å². The van der Waals surface area contributed by atoms with Crippen LogP contribution in [-0.2, 0) is 35.7 Å². The van der Waals surface area contributed by atoms with E-state index in [1.165, 1.54) is 5.56 Å². The molecule has 4 rings (SSSR count). The number of nitro groups is 1. The molecule has 10 heteroatoms. The summed E-state index contributed by atoms with van der Waals surface area (Å²) in [5.41, 5.74) is 2.34. The number of para-hydroxylation sites is 1. The van der Waals surface area contributed by atoms with E-state index in [9.17, 15) is 10.1 Å². The number of anilines is 1. The van der Waals surface area contributed by atoms with Gasteiger partial charge in [0.15, 0.2) is 0 Å². The Morgan fingerprint density at radius 3 is 2.17 bits per heavy atom. The van der Waals surface area contributed by atoms with Gasteiger partial charge in [-0.15, -0.1) is 0 Å². The van der Waals surface area contributed by atoms with Crippen LogP contribution in [0.15, 0.2) is 42.5 Å². The Hall–Kier alpha value is -3.02. The maximum Gasteiger partial charge on any atom is 0.270 e. The molecule has 42 heavy (non-hydrogen) atoms. The van der Waals surface area contributed by atoms with Gasteiger partial charge in [-0.3, -0.25) is 10.1 Å². The molecule has 1 spiro atoms. The van der Waals surface area contributed by atoms with E-state index in [0.29, 0.717) is 76.3 Å². The molecule has 10 nitrogen and oxygen atoms in total. The summed E-state index contributed by atoms with van der Waals surface area (Å²) >= 11 is 0. The molecule has 230 valence electrons. The van der Waals surface area contributed by atoms with E-state index in [4.69, 9.17) is 28.4 Å². The zero-order valence-corrected chi connectivity index (χ0v) is 25.4. The van der Waals surface area contributed by atoms with Gasteiger partial charge in [0.1, 0.15) is 5.75 Å². The quantitative estimate of drug-likeness (QED) is 0.138. The first-order valence-electron chi connectivity index (χ1n) is 14.7. The van der Waals surface area contributed by atoms with Crippen LogP contribution in [0.4, 0.5) is 11.4 Å². The van der Waals surface area contributed by atoms with E-state index in [0.717, 1.165) is 5.69 Å². The Labute approximate surface area is 248 Å². The van der Waals surface area contributed by atoms with Gasteiger partial charge in [-0.25, -0.2) is 0 Å². The summed E-state index contributed by atoms with van der Waals surface area (Å²) < 4.78 is 35.4. The van der Waals surface area contributed by atoms with Crippen molar-refractivity contribution in [1.29, 1.82) is 0 Å². The van der Waals surface area contributed by atoms with Crippen molar-refractivity contribution in [2.75, 3.05) is 71.4 Å². The fourth-order valence-corrected chi connectivity index (χ4v) is 5.66. The van der Waals surface area contributed by atoms with Crippen LogP contribution in [0, 0.1) is 16.0 Å². The fraction of sp³-hybridized carbons (Fsp3) is 0.562. The molecule has 1 atom stereocenters. The molecule has 1 unspecified atom stereocenters. The van der Waals surface area contributed by atoms with Gasteiger partial charge in [-0.05, 0) is 51.5 Å². The van der Waals surface area contributed by atoms with Crippen molar-refractivity contribution in [3.63, 3.8) is 0 Å². The van der Waals surface area contributed by atoms with Crippen LogP contribution in [0.3, 0.4) is 0 Å². The van der Waals surface area contributed by atoms with Gasteiger partial charge in [-0.1, -0.05) is 18.2 Å². The number of ether oxygens (including phenoxy) is 6. The van der Waals surface area contributed by atoms with E-state index in [-0.39, 0.29) is 23.1 Å². The molecule has 0 saturated carbocycles. The summed E-state index contributed by atoms with van der Waals surface area (Å²) in [6.45, 7) is 12.9. The number of rotatable bonds is 17. The van der Waals surface area contributed by atoms with Gasteiger partial charge in [0, 0.05) is 55.1 Å². The van der Waals surface area contributed by atoms with Crippen molar-refractivity contribution < 1.29 is 33.3 Å². The van der Waals surface area contributed by atoms with Crippen molar-refractivity contribution in [3.8, 4) is 5.75 Å². The van der Waals surface area contributed by atoms with Crippen LogP contribution in [0.1, 0.15) is 44.4 Å². The second kappa shape index (κ2) is 14.4. The van der Waals surface area contributed by atoms with Crippen LogP contribution in [0.2, 0.25) is 0 Å². The average molecular weight is 585 g/mol. The van der Waals surface area contributed by atoms with E-state index >= 15 is 0 Å². The molecular formula is C32H44N2O8. The Bertz CT molecular complexity index is 1220. The highest BCUT2D eigenvalue weighted by molar-refractivity contribution is 5.73. The number of fused-ring (bicyclic) bond motifs is 2. The van der Waals surface area contributed by atoms with Crippen molar-refractivity contribution in [3.05, 3.63) is 69.3 Å². The standard InChI is InChI=1S/C32H44N2O8/c1-6-37-14-16-39-20-24(21-40-17-15-38-7-2)22-41-23-26-19-27(34(35)36)18-25-12-13-32(42-30(25)26)31(3,4)28-10-8-9-11-29(28)33(32)5/h8-13,18-19,24H,6-7,14-17,20-23H2,1-5H3. The van der Waals surface area contributed by atoms with E-state index in [1.807, 2.05) is 45.2 Å². The molecule has 2 aliphatic rings. The molecule has 2 aliphatic heterocycles. The zero-order valence-electron chi connectivity index (χ0n) is 25.4. The largest absolute Gasteiger partial charge is 0.462 e. The lowest BCUT2D eigenvalue weighted by molar-refractivity contribution is -0.385. The summed E-state index contributed by atoms with van der Waals surface area (Å²) in [5, 5.41) is 11.8. The number of hydrogen-bond acceptors (Lipinski definition) is 9. The predicted octanol–water partition coefficient (Wildman–Crippen LogP) is 5.36. The van der Waals surface area contributed by atoms with Crippen LogP contribution < -0.4 is 9.64 Å². The van der Waals surface area contributed by atoms with Gasteiger partial charge >= 0.3 is 0 Å². The number of hydrogen-bond donors (Lipinski definition) is 0. The summed E-state index contributed by atoms with van der Waals surface area (Å²) in [7, 11) is 2.02. The predicted molar refractivity (Wildman–Crippen MR) is 161 cm³/mol. The highest BCUT2D eigenvalue weighted by atomic mass is 16.6. The molecular weight excluding hydrogens is 540 g/mol. The molecule has 2 aromatic carbocycles. The highest BCUT2D eigenvalue weighted by Gasteiger charge is 2.57. The van der Waals surface area contributed by atoms with E-state index in [1.54, 1.807) is 12.1 Å². The van der Waals surface area contributed by atoms with Crippen molar-refractivity contribution >= 4 is 17.5 Å². The number of benzene rings is 2. The smallest absolute Gasteiger partial charge is 0.270 e. The number of nitrogens with zero attached hydrogens (tertiary/aromatic N) is 2. The molecule has 0 fully saturated rings. The molecule has 2 aromatic rings. The monoisotopic (exact) mass is 584 g/mol. The van der Waals surface area contributed by atoms with Crippen molar-refractivity contribution in [1.82, 2.24) is 0 Å². The molecule has 0 amide bonds. The van der Waals surface area contributed by atoms with Gasteiger partial charge < -0.3 is 33.3 Å². The Morgan fingerprint density at radius 1 is 0.929 bits per heavy atom. The molecule has 0 saturated heterocycles. The Balaban J connectivity index is 1.51. The summed E-state index contributed by atoms with van der Waals surface area (Å²) in [4.78, 5) is 13.6. The summed E-state index contributed by atoms with van der Waals surface area (Å²) in [6.07, 6.45) is 3.94. The third-order valence-electron chi connectivity index (χ3n) is 7.94. The van der Waals surface area contributed by atoms with Crippen molar-refractivity contribution in [2.24, 2.45) is 5.92 Å². The minimum absolute atomic E-state index is 0.00561. The van der Waals surface area contributed by atoms with Gasteiger partial charge in [-0.2, -0.15) is 0 Å². The van der Waals surface area contributed by atoms with Crippen LogP contribution in [-0.4, -0.2) is 77.2 Å². The van der Waals surface area contributed by atoms with Gasteiger partial charge in [0.2, 0.25) is 5.72 Å². The highest BCUT2D eigenvalue weighted by Crippen LogP contribution is 2.54. The van der Waals surface area contributed by atoms with Gasteiger partial charge in [0.05, 0.1) is 63.2 Å². The number of nitro benzene ring substituents is 1. The lowest BCUT2D eigenvalue weighted by Gasteiger charge is -2.46. The molecule has 0 aliphatic carbocycles. The topological polar surface area (TPSA) is 102 Å². The molecule has 2 heterocycles. The van der Waals surface area contributed by atoms with E-state index in [2.05, 4.69) is 30.9 Å². The Morgan fingerprint density at radius 2 is 1.55 bits per heavy atom. The Kier molecular flexibility index (Phi) is 11.0. The zero-order chi connectivity index (χ0) is 30.2. The molecule has 0 aromatic heterocycles. The van der Waals surface area contributed by atoms with Gasteiger partial charge in [0.25, 0.3) is 5.69 Å². The first-order chi connectivity index (χ1) is 20.2. The normalized spacial score (nSPS) is 18.4. The molecule has 0 bridgehead atoms. The number of non-ortho nitro benzene ring substituents is 1. The minimum Gasteiger partial charge on any atom is -0.462 e. The summed E-state index contributed by atoms with van der Waals surface area (Å²) in [5.74, 6) is 0.553.